The lowest BCUT2D eigenvalue weighted by atomic mass is 9.83. The fourth-order valence-electron chi connectivity index (χ4n) is 4.63. The highest BCUT2D eigenvalue weighted by Gasteiger charge is 2.31. The summed E-state index contributed by atoms with van der Waals surface area (Å²) in [5.41, 5.74) is 10.0. The van der Waals surface area contributed by atoms with Crippen LogP contribution in [-0.4, -0.2) is 12.6 Å². The van der Waals surface area contributed by atoms with Gasteiger partial charge in [0, 0.05) is 22.2 Å². The number of allylic oxidation sites excluding steroid dienone is 1. The van der Waals surface area contributed by atoms with E-state index in [9.17, 15) is 10.1 Å². The molecule has 212 valence electrons. The summed E-state index contributed by atoms with van der Waals surface area (Å²) in [4.78, 5) is 12.5. The number of hydrogen-bond acceptors (Lipinski definition) is 7. The van der Waals surface area contributed by atoms with Crippen molar-refractivity contribution in [2.45, 2.75) is 32.3 Å². The minimum Gasteiger partial charge on any atom is -0.489 e. The molecule has 0 bridgehead atoms. The van der Waals surface area contributed by atoms with Crippen LogP contribution in [0.5, 0.6) is 23.0 Å². The van der Waals surface area contributed by atoms with E-state index in [4.69, 9.17) is 36.3 Å². The molecule has 1 heterocycles. The van der Waals surface area contributed by atoms with Gasteiger partial charge in [0.15, 0.2) is 6.61 Å². The van der Waals surface area contributed by atoms with Crippen LogP contribution in [0, 0.1) is 11.3 Å². The summed E-state index contributed by atoms with van der Waals surface area (Å²) in [7, 11) is 0. The van der Waals surface area contributed by atoms with Crippen molar-refractivity contribution >= 4 is 17.6 Å². The fraction of sp³-hybridized carbons (Fsp3) is 0.176. The topological polar surface area (TPSA) is 104 Å². The van der Waals surface area contributed by atoms with Gasteiger partial charge in [-0.25, -0.2) is 4.79 Å². The smallest absolute Gasteiger partial charge is 0.349 e. The molecule has 8 heteroatoms. The van der Waals surface area contributed by atoms with E-state index < -0.39 is 11.9 Å². The molecule has 0 saturated carbocycles. The van der Waals surface area contributed by atoms with Gasteiger partial charge in [0.1, 0.15) is 41.2 Å². The maximum absolute atomic E-state index is 12.5. The number of nitrogens with zero attached hydrogens (tertiary/aromatic N) is 1. The zero-order chi connectivity index (χ0) is 29.6. The summed E-state index contributed by atoms with van der Waals surface area (Å²) in [6.07, 6.45) is 0. The highest BCUT2D eigenvalue weighted by Crippen LogP contribution is 2.43. The Kier molecular flexibility index (Phi) is 8.66. The van der Waals surface area contributed by atoms with Crippen LogP contribution in [0.3, 0.4) is 0 Å². The van der Waals surface area contributed by atoms with Gasteiger partial charge in [0.05, 0.1) is 5.92 Å². The van der Waals surface area contributed by atoms with E-state index in [0.29, 0.717) is 40.4 Å². The second-order valence-corrected chi connectivity index (χ2v) is 10.5. The Balaban J connectivity index is 1.28. The van der Waals surface area contributed by atoms with Crippen molar-refractivity contribution in [3.8, 4) is 29.1 Å². The Morgan fingerprint density at radius 1 is 0.952 bits per heavy atom. The van der Waals surface area contributed by atoms with Crippen molar-refractivity contribution < 1.29 is 23.7 Å². The van der Waals surface area contributed by atoms with E-state index in [2.05, 4.69) is 19.9 Å². The van der Waals surface area contributed by atoms with Crippen LogP contribution in [-0.2, 0) is 11.4 Å². The van der Waals surface area contributed by atoms with Gasteiger partial charge in [-0.15, -0.1) is 0 Å². The predicted molar refractivity (Wildman–Crippen MR) is 160 cm³/mol. The molecule has 0 aromatic heterocycles. The van der Waals surface area contributed by atoms with Crippen molar-refractivity contribution in [1.29, 1.82) is 5.26 Å². The molecule has 4 aromatic rings. The van der Waals surface area contributed by atoms with Crippen LogP contribution in [0.25, 0.3) is 0 Å². The lowest BCUT2D eigenvalue weighted by Gasteiger charge is -2.26. The third kappa shape index (κ3) is 6.51. The molecule has 2 N–H and O–H groups in total. The zero-order valence-corrected chi connectivity index (χ0v) is 23.9. The first-order chi connectivity index (χ1) is 20.3. The molecule has 0 amide bonds. The number of ether oxygens (including phenoxy) is 4. The number of carbonyl (C=O) groups is 1. The summed E-state index contributed by atoms with van der Waals surface area (Å²) in [5, 5.41) is 10.5. The zero-order valence-electron chi connectivity index (χ0n) is 23.2. The van der Waals surface area contributed by atoms with Gasteiger partial charge in [0.25, 0.3) is 0 Å². The molecule has 1 aliphatic heterocycles. The molecule has 0 spiro atoms. The first-order valence-corrected chi connectivity index (χ1v) is 13.8. The molecule has 1 unspecified atom stereocenters. The maximum Gasteiger partial charge on any atom is 0.349 e. The van der Waals surface area contributed by atoms with Crippen LogP contribution in [0.4, 0.5) is 0 Å². The van der Waals surface area contributed by atoms with Gasteiger partial charge in [-0.1, -0.05) is 74.0 Å². The van der Waals surface area contributed by atoms with Crippen molar-refractivity contribution in [1.82, 2.24) is 0 Å². The Hall–Kier alpha value is -4.93. The standard InChI is InChI=1S/C34H29ClN2O5/c1-21(2)22-7-11-26(12-8-22)40-20-32(38)41-27-15-16-28-31(17-27)42-34(37)29(18-36)33(28)23-9-13-25(14-10-23)39-19-24-5-3-4-6-30(24)35/h3-17,21,33H,19-20,37H2,1-2H3. The van der Waals surface area contributed by atoms with E-state index in [1.165, 1.54) is 5.56 Å². The van der Waals surface area contributed by atoms with Crippen LogP contribution < -0.4 is 24.7 Å². The lowest BCUT2D eigenvalue weighted by molar-refractivity contribution is -0.136. The van der Waals surface area contributed by atoms with Crippen LogP contribution in [0.2, 0.25) is 5.02 Å². The molecule has 7 nitrogen and oxygen atoms in total. The average Bonchev–Trinajstić information content (AvgIpc) is 2.99. The summed E-state index contributed by atoms with van der Waals surface area (Å²) >= 11 is 6.23. The van der Waals surface area contributed by atoms with E-state index in [1.807, 2.05) is 72.8 Å². The summed E-state index contributed by atoms with van der Waals surface area (Å²) < 4.78 is 22.7. The molecule has 42 heavy (non-hydrogen) atoms. The Morgan fingerprint density at radius 2 is 1.62 bits per heavy atom. The highest BCUT2D eigenvalue weighted by atomic mass is 35.5. The molecule has 5 rings (SSSR count). The fourth-order valence-corrected chi connectivity index (χ4v) is 4.82. The molecular weight excluding hydrogens is 552 g/mol. The second kappa shape index (κ2) is 12.7. The Labute approximate surface area is 249 Å². The monoisotopic (exact) mass is 580 g/mol. The Morgan fingerprint density at radius 3 is 2.31 bits per heavy atom. The minimum absolute atomic E-state index is 0.00861. The summed E-state index contributed by atoms with van der Waals surface area (Å²) in [5.74, 6) is 1.25. The highest BCUT2D eigenvalue weighted by molar-refractivity contribution is 6.31. The molecule has 0 saturated heterocycles. The second-order valence-electron chi connectivity index (χ2n) is 10.1. The largest absolute Gasteiger partial charge is 0.489 e. The number of nitrogens with two attached hydrogens (primary N) is 1. The molecule has 0 fully saturated rings. The van der Waals surface area contributed by atoms with Gasteiger partial charge in [0.2, 0.25) is 5.88 Å². The molecule has 4 aromatic carbocycles. The predicted octanol–water partition coefficient (Wildman–Crippen LogP) is 7.24. The number of hydrogen-bond donors (Lipinski definition) is 1. The number of benzene rings is 4. The van der Waals surface area contributed by atoms with Crippen molar-refractivity contribution in [2.24, 2.45) is 5.73 Å². The van der Waals surface area contributed by atoms with Crippen LogP contribution in [0.1, 0.15) is 47.9 Å². The van der Waals surface area contributed by atoms with E-state index >= 15 is 0 Å². The van der Waals surface area contributed by atoms with Crippen LogP contribution in [0.15, 0.2) is 102 Å². The lowest BCUT2D eigenvalue weighted by Crippen LogP contribution is -2.21. The van der Waals surface area contributed by atoms with Gasteiger partial charge >= 0.3 is 5.97 Å². The summed E-state index contributed by atoms with van der Waals surface area (Å²) in [6, 6.07) is 29.7. The first-order valence-electron chi connectivity index (χ1n) is 13.4. The van der Waals surface area contributed by atoms with Crippen molar-refractivity contribution in [2.75, 3.05) is 6.61 Å². The molecular formula is C34H29ClN2O5. The minimum atomic E-state index is -0.566. The number of halogens is 1. The van der Waals surface area contributed by atoms with Gasteiger partial charge in [-0.05, 0) is 53.4 Å². The average molecular weight is 581 g/mol. The van der Waals surface area contributed by atoms with E-state index in [0.717, 1.165) is 11.1 Å². The normalized spacial score (nSPS) is 14.0. The number of rotatable bonds is 9. The third-order valence-corrected chi connectivity index (χ3v) is 7.26. The van der Waals surface area contributed by atoms with Crippen molar-refractivity contribution in [3.05, 3.63) is 130 Å². The van der Waals surface area contributed by atoms with Crippen LogP contribution >= 0.6 is 11.6 Å². The van der Waals surface area contributed by atoms with E-state index in [-0.39, 0.29) is 23.8 Å². The summed E-state index contributed by atoms with van der Waals surface area (Å²) in [6.45, 7) is 4.29. The first kappa shape index (κ1) is 28.6. The maximum atomic E-state index is 12.5. The molecule has 1 atom stereocenters. The SMILES string of the molecule is CC(C)c1ccc(OCC(=O)Oc2ccc3c(c2)OC(N)=C(C#N)C3c2ccc(OCc3ccccc3Cl)cc2)cc1. The molecule has 1 aliphatic rings. The third-order valence-electron chi connectivity index (χ3n) is 6.89. The van der Waals surface area contributed by atoms with Gasteiger partial charge in [-0.3, -0.25) is 0 Å². The van der Waals surface area contributed by atoms with Crippen molar-refractivity contribution in [3.63, 3.8) is 0 Å². The molecule has 0 radical (unpaired) electrons. The van der Waals surface area contributed by atoms with Gasteiger partial charge in [-0.2, -0.15) is 5.26 Å². The molecule has 0 aliphatic carbocycles. The van der Waals surface area contributed by atoms with Gasteiger partial charge < -0.3 is 24.7 Å². The number of nitriles is 1. The Bertz CT molecular complexity index is 1660. The number of fused-ring (bicyclic) bond motifs is 1. The number of esters is 1. The van der Waals surface area contributed by atoms with E-state index in [1.54, 1.807) is 18.2 Å². The quantitative estimate of drug-likeness (QED) is 0.164. The number of carbonyl (C=O) groups excluding carboxylic acids is 1.